The molecule has 8 aromatic heterocycles. The number of para-hydroxylation sites is 2. The van der Waals surface area contributed by atoms with E-state index in [1.807, 2.05) is 67.0 Å². The van der Waals surface area contributed by atoms with Gasteiger partial charge in [-0.2, -0.15) is 38.8 Å². The summed E-state index contributed by atoms with van der Waals surface area (Å²) >= 11 is 6.43. The molecule has 0 unspecified atom stereocenters. The summed E-state index contributed by atoms with van der Waals surface area (Å²) in [6.45, 7) is 4.79. The number of hydrogen-bond acceptors (Lipinski definition) is 14. The van der Waals surface area contributed by atoms with Crippen molar-refractivity contribution < 1.29 is 28.2 Å². The summed E-state index contributed by atoms with van der Waals surface area (Å²) in [5, 5.41) is 26.3. The van der Waals surface area contributed by atoms with Crippen molar-refractivity contribution in [3.63, 3.8) is 0 Å². The molecular formula is C48H45Br2F2N17O4. The van der Waals surface area contributed by atoms with Crippen molar-refractivity contribution in [2.45, 2.75) is 63.8 Å². The van der Waals surface area contributed by atoms with Gasteiger partial charge in [0.2, 0.25) is 17.5 Å². The summed E-state index contributed by atoms with van der Waals surface area (Å²) < 4.78 is 38.5. The Morgan fingerprint density at radius 1 is 0.575 bits per heavy atom. The number of benzene rings is 2. The van der Waals surface area contributed by atoms with Crippen LogP contribution in [-0.4, -0.2) is 137 Å². The van der Waals surface area contributed by atoms with Gasteiger partial charge >= 0.3 is 0 Å². The molecule has 21 nitrogen and oxygen atoms in total. The number of aliphatic hydroxyl groups excluding tert-OH is 1. The zero-order valence-electron chi connectivity index (χ0n) is 39.0. The SMILES string of the molecule is Brc1nccn2ccnc12.C[C@@H]1CC[C@@H](O)CN1C(=O)c1ccccc1-n1nccn1.C[C@@H]1CC[C@@H](Oc2nccn3c(F)cnc23)CN1C(=O)c1ccccc1-n1nccn1.Fc1cnc2c(Br)nccn12. The van der Waals surface area contributed by atoms with Crippen molar-refractivity contribution in [2.24, 2.45) is 0 Å². The zero-order valence-corrected chi connectivity index (χ0v) is 42.2. The molecule has 2 fully saturated rings. The van der Waals surface area contributed by atoms with E-state index in [1.54, 1.807) is 59.1 Å². The average molecular weight is 1120 g/mol. The van der Waals surface area contributed by atoms with Crippen molar-refractivity contribution >= 4 is 60.6 Å². The minimum atomic E-state index is -0.486. The molecule has 0 radical (unpaired) electrons. The van der Waals surface area contributed by atoms with Gasteiger partial charge in [0, 0.05) is 68.2 Å². The lowest BCUT2D eigenvalue weighted by Crippen LogP contribution is -2.49. The minimum absolute atomic E-state index is 0.0404. The number of aliphatic hydroxyl groups is 1. The number of aromatic nitrogens is 15. The predicted octanol–water partition coefficient (Wildman–Crippen LogP) is 6.90. The quantitative estimate of drug-likeness (QED) is 0.179. The summed E-state index contributed by atoms with van der Waals surface area (Å²) in [6.07, 6.45) is 24.1. The number of halogens is 4. The van der Waals surface area contributed by atoms with E-state index in [4.69, 9.17) is 4.74 Å². The lowest BCUT2D eigenvalue weighted by molar-refractivity contribution is 0.0309. The van der Waals surface area contributed by atoms with Crippen LogP contribution in [0.2, 0.25) is 0 Å². The molecular weight excluding hydrogens is 1080 g/mol. The fraction of sp³-hybridized carbons (Fsp3) is 0.250. The summed E-state index contributed by atoms with van der Waals surface area (Å²) in [5.74, 6) is -0.830. The molecule has 0 spiro atoms. The van der Waals surface area contributed by atoms with Gasteiger partial charge in [-0.05, 0) is 95.7 Å². The van der Waals surface area contributed by atoms with E-state index in [9.17, 15) is 23.5 Å². The molecule has 4 atom stereocenters. The van der Waals surface area contributed by atoms with Gasteiger partial charge in [-0.1, -0.05) is 24.3 Å². The number of imidazole rings is 3. The van der Waals surface area contributed by atoms with Crippen LogP contribution in [0.3, 0.4) is 0 Å². The van der Waals surface area contributed by atoms with Crippen LogP contribution in [0.1, 0.15) is 60.2 Å². The van der Waals surface area contributed by atoms with E-state index in [0.717, 1.165) is 48.3 Å². The van der Waals surface area contributed by atoms with Crippen LogP contribution in [-0.2, 0) is 0 Å². The minimum Gasteiger partial charge on any atom is -0.470 e. The summed E-state index contributed by atoms with van der Waals surface area (Å²) in [4.78, 5) is 56.7. The zero-order chi connectivity index (χ0) is 51.0. The normalized spacial score (nSPS) is 17.5. The largest absolute Gasteiger partial charge is 0.470 e. The molecule has 0 bridgehead atoms. The molecule has 12 rings (SSSR count). The monoisotopic (exact) mass is 1120 g/mol. The molecule has 10 heterocycles. The van der Waals surface area contributed by atoms with Crippen molar-refractivity contribution in [1.29, 1.82) is 0 Å². The van der Waals surface area contributed by atoms with E-state index in [-0.39, 0.29) is 41.8 Å². The number of piperidine rings is 2. The van der Waals surface area contributed by atoms with Gasteiger partial charge in [-0.25, -0.2) is 29.9 Å². The Morgan fingerprint density at radius 3 is 1.63 bits per heavy atom. The molecule has 10 aromatic rings. The van der Waals surface area contributed by atoms with Crippen molar-refractivity contribution in [2.75, 3.05) is 13.1 Å². The van der Waals surface area contributed by atoms with E-state index in [1.165, 1.54) is 43.2 Å². The van der Waals surface area contributed by atoms with E-state index < -0.39 is 12.1 Å². The third kappa shape index (κ3) is 11.3. The second-order valence-electron chi connectivity index (χ2n) is 16.7. The Balaban J connectivity index is 0.000000133. The molecule has 374 valence electrons. The maximum absolute atomic E-state index is 13.8. The molecule has 2 amide bonds. The number of likely N-dealkylation sites (tertiary alicyclic amines) is 2. The van der Waals surface area contributed by atoms with Crippen molar-refractivity contribution in [1.82, 2.24) is 82.9 Å². The molecule has 73 heavy (non-hydrogen) atoms. The van der Waals surface area contributed by atoms with Crippen LogP contribution in [0.4, 0.5) is 8.78 Å². The molecule has 25 heteroatoms. The van der Waals surface area contributed by atoms with Gasteiger partial charge in [0.15, 0.2) is 11.3 Å². The number of carbonyl (C=O) groups is 2. The highest BCUT2D eigenvalue weighted by Gasteiger charge is 2.33. The average Bonchev–Trinajstić information content (AvgIpc) is 4.29. The Morgan fingerprint density at radius 2 is 1.05 bits per heavy atom. The van der Waals surface area contributed by atoms with Gasteiger partial charge in [-0.3, -0.25) is 18.4 Å². The maximum Gasteiger partial charge on any atom is 0.258 e. The van der Waals surface area contributed by atoms with Crippen molar-refractivity contribution in [3.8, 4) is 17.3 Å². The molecule has 0 aliphatic carbocycles. The highest BCUT2D eigenvalue weighted by atomic mass is 79.9. The molecule has 1 N–H and O–H groups in total. The number of β-amino-alcohol motifs (C(OH)–C–C–N with tert-alkyl or cyclic N) is 1. The van der Waals surface area contributed by atoms with Crippen LogP contribution in [0.25, 0.3) is 28.3 Å². The molecule has 0 saturated carbocycles. The molecule has 2 aliphatic heterocycles. The molecule has 2 saturated heterocycles. The lowest BCUT2D eigenvalue weighted by atomic mass is 9.99. The van der Waals surface area contributed by atoms with Crippen LogP contribution in [0.5, 0.6) is 5.88 Å². The number of fused-ring (bicyclic) bond motifs is 3. The Labute approximate surface area is 431 Å². The van der Waals surface area contributed by atoms with Gasteiger partial charge in [0.25, 0.3) is 17.7 Å². The third-order valence-corrected chi connectivity index (χ3v) is 13.1. The maximum atomic E-state index is 13.8. The second kappa shape index (κ2) is 22.7. The number of hydrogen-bond donors (Lipinski definition) is 1. The predicted molar refractivity (Wildman–Crippen MR) is 267 cm³/mol. The highest BCUT2D eigenvalue weighted by molar-refractivity contribution is 9.10. The Hall–Kier alpha value is -7.90. The van der Waals surface area contributed by atoms with E-state index >= 15 is 0 Å². The summed E-state index contributed by atoms with van der Waals surface area (Å²) in [7, 11) is 0. The lowest BCUT2D eigenvalue weighted by Gasteiger charge is -2.38. The fourth-order valence-electron chi connectivity index (χ4n) is 8.26. The number of ether oxygens (including phenoxy) is 1. The van der Waals surface area contributed by atoms with E-state index in [2.05, 4.69) is 82.2 Å². The number of amides is 2. The first-order valence-corrected chi connectivity index (χ1v) is 24.5. The summed E-state index contributed by atoms with van der Waals surface area (Å²) in [6, 6.07) is 14.7. The van der Waals surface area contributed by atoms with Crippen LogP contribution >= 0.6 is 31.9 Å². The first kappa shape index (κ1) is 50.1. The number of nitrogens with zero attached hydrogens (tertiary/aromatic N) is 17. The molecule has 2 aromatic carbocycles. The van der Waals surface area contributed by atoms with Gasteiger partial charge in [0.1, 0.15) is 15.3 Å². The standard InChI is InChI=1S/C21H20FN7O2.C15H18N4O2.C6H3BrFN3.C6H4BrN3/c1-14-6-7-15(31-20-19-24-12-18(22)27(19)11-10-23-20)13-28(14)21(30)16-4-2-3-5-17(16)29-25-8-9-26-29;1-11-6-7-12(20)10-18(11)15(21)13-4-2-3-5-14(13)19-16-8-9-17-19;7-5-6-10-3-4(8)11(6)2-1-9-5;7-5-6-9-2-4-10(6)3-1-8-5/h2-5,8-12,14-15H,6-7,13H2,1H3;2-5,8-9,11-12,20H,6-7,10H2,1H3;1-3H;1-4H/t14-,15-;11-,12-;;/m11../s1. The molecule has 2 aliphatic rings. The van der Waals surface area contributed by atoms with Gasteiger partial charge < -0.3 is 24.0 Å². The van der Waals surface area contributed by atoms with Crippen LogP contribution < -0.4 is 4.74 Å². The summed E-state index contributed by atoms with van der Waals surface area (Å²) in [5.41, 5.74) is 3.99. The van der Waals surface area contributed by atoms with E-state index in [0.29, 0.717) is 51.5 Å². The topological polar surface area (TPSA) is 222 Å². The number of rotatable bonds is 6. The first-order valence-electron chi connectivity index (χ1n) is 22.9. The van der Waals surface area contributed by atoms with Gasteiger partial charge in [0.05, 0.1) is 72.3 Å². The Bertz CT molecular complexity index is 3460. The Kier molecular flexibility index (Phi) is 15.5. The van der Waals surface area contributed by atoms with Gasteiger partial charge in [-0.15, -0.1) is 0 Å². The van der Waals surface area contributed by atoms with Crippen LogP contribution in [0.15, 0.2) is 144 Å². The smallest absolute Gasteiger partial charge is 0.258 e. The van der Waals surface area contributed by atoms with Crippen LogP contribution in [0, 0.1) is 11.9 Å². The van der Waals surface area contributed by atoms with Crippen molar-refractivity contribution in [3.05, 3.63) is 168 Å². The highest BCUT2D eigenvalue weighted by Crippen LogP contribution is 2.27. The number of carbonyl (C=O) groups excluding carboxylic acids is 2. The third-order valence-electron chi connectivity index (χ3n) is 12.0. The fourth-order valence-corrected chi connectivity index (χ4v) is 9.09. The first-order chi connectivity index (χ1) is 35.4. The second-order valence-corrected chi connectivity index (χ2v) is 18.2.